The molecule has 0 bridgehead atoms. The molecular weight excluding hydrogens is 142 g/mol. The van der Waals surface area contributed by atoms with Gasteiger partial charge in [0.05, 0.1) is 19.3 Å². The summed E-state index contributed by atoms with van der Waals surface area (Å²) in [6, 6.07) is 0.382. The van der Waals surface area contributed by atoms with Crippen LogP contribution in [0.3, 0.4) is 0 Å². The van der Waals surface area contributed by atoms with Crippen LogP contribution < -0.4 is 5.32 Å². The summed E-state index contributed by atoms with van der Waals surface area (Å²) in [5.74, 6) is 0. The Morgan fingerprint density at radius 3 is 2.73 bits per heavy atom. The van der Waals surface area contributed by atoms with E-state index in [4.69, 9.17) is 9.84 Å². The molecule has 0 saturated carbocycles. The highest BCUT2D eigenvalue weighted by molar-refractivity contribution is 4.92. The van der Waals surface area contributed by atoms with E-state index in [2.05, 4.69) is 12.2 Å². The zero-order valence-corrected chi connectivity index (χ0v) is 7.42. The molecule has 1 heterocycles. The molecule has 0 radical (unpaired) electrons. The van der Waals surface area contributed by atoms with E-state index in [1.807, 2.05) is 13.8 Å². The second-order valence-electron chi connectivity index (χ2n) is 3.77. The molecule has 0 aromatic carbocycles. The average molecular weight is 159 g/mol. The Hall–Kier alpha value is -0.120. The highest BCUT2D eigenvalue weighted by Crippen LogP contribution is 2.18. The van der Waals surface area contributed by atoms with Gasteiger partial charge in [0.1, 0.15) is 0 Å². The van der Waals surface area contributed by atoms with Crippen LogP contribution in [0.1, 0.15) is 20.8 Å². The van der Waals surface area contributed by atoms with Crippen molar-refractivity contribution in [3.63, 3.8) is 0 Å². The molecule has 0 aromatic heterocycles. The lowest BCUT2D eigenvalue weighted by atomic mass is 9.95. The van der Waals surface area contributed by atoms with Crippen LogP contribution in [0, 0.1) is 0 Å². The Bertz CT molecular complexity index is 136. The number of nitrogens with one attached hydrogen (secondary N) is 1. The third-order valence-electron chi connectivity index (χ3n) is 2.14. The fourth-order valence-corrected chi connectivity index (χ4v) is 1.52. The van der Waals surface area contributed by atoms with E-state index in [0.717, 1.165) is 0 Å². The molecule has 2 unspecified atom stereocenters. The van der Waals surface area contributed by atoms with E-state index in [1.54, 1.807) is 0 Å². The number of morpholine rings is 1. The summed E-state index contributed by atoms with van der Waals surface area (Å²) >= 11 is 0. The topological polar surface area (TPSA) is 41.5 Å². The van der Waals surface area contributed by atoms with E-state index < -0.39 is 0 Å². The molecule has 0 aliphatic carbocycles. The molecule has 3 heteroatoms. The standard InChI is InChI=1S/C8H17NO2/c1-6-5-11-7(4-10)8(2,3)9-6/h6-7,9-10H,4-5H2,1-3H3. The summed E-state index contributed by atoms with van der Waals surface area (Å²) < 4.78 is 5.44. The Labute approximate surface area is 67.7 Å². The van der Waals surface area contributed by atoms with Crippen molar-refractivity contribution in [2.24, 2.45) is 0 Å². The molecule has 0 aromatic rings. The minimum absolute atomic E-state index is 0.0706. The lowest BCUT2D eigenvalue weighted by Crippen LogP contribution is -2.61. The normalized spacial score (nSPS) is 37.1. The first kappa shape index (κ1) is 8.97. The molecule has 66 valence electrons. The van der Waals surface area contributed by atoms with E-state index in [0.29, 0.717) is 12.6 Å². The van der Waals surface area contributed by atoms with Crippen LogP contribution in [-0.2, 0) is 4.74 Å². The predicted octanol–water partition coefficient (Wildman–Crippen LogP) is 0.134. The SMILES string of the molecule is CC1COC(CO)C(C)(C)N1. The molecule has 0 spiro atoms. The summed E-state index contributed by atoms with van der Waals surface area (Å²) in [6.07, 6.45) is -0.0706. The number of hydrogen-bond donors (Lipinski definition) is 2. The first-order chi connectivity index (χ1) is 5.06. The van der Waals surface area contributed by atoms with Crippen LogP contribution in [0.15, 0.2) is 0 Å². The van der Waals surface area contributed by atoms with Gasteiger partial charge in [-0.05, 0) is 20.8 Å². The van der Waals surface area contributed by atoms with Gasteiger partial charge in [-0.25, -0.2) is 0 Å². The van der Waals surface area contributed by atoms with Gasteiger partial charge in [0.15, 0.2) is 0 Å². The highest BCUT2D eigenvalue weighted by atomic mass is 16.5. The number of rotatable bonds is 1. The van der Waals surface area contributed by atoms with Crippen LogP contribution in [0.5, 0.6) is 0 Å². The first-order valence-corrected chi connectivity index (χ1v) is 4.06. The summed E-state index contributed by atoms with van der Waals surface area (Å²) in [4.78, 5) is 0. The van der Waals surface area contributed by atoms with E-state index in [-0.39, 0.29) is 18.2 Å². The average Bonchev–Trinajstić information content (AvgIpc) is 1.85. The largest absolute Gasteiger partial charge is 0.394 e. The first-order valence-electron chi connectivity index (χ1n) is 4.06. The van der Waals surface area contributed by atoms with Crippen LogP contribution in [-0.4, -0.2) is 36.0 Å². The quantitative estimate of drug-likeness (QED) is 0.571. The number of aliphatic hydroxyl groups excluding tert-OH is 1. The minimum atomic E-state index is -0.105. The number of ether oxygens (including phenoxy) is 1. The van der Waals surface area contributed by atoms with Gasteiger partial charge in [0.2, 0.25) is 0 Å². The zero-order valence-electron chi connectivity index (χ0n) is 7.42. The maximum Gasteiger partial charge on any atom is 0.0982 e. The summed E-state index contributed by atoms with van der Waals surface area (Å²) in [6.45, 7) is 6.95. The maximum atomic E-state index is 8.95. The monoisotopic (exact) mass is 159 g/mol. The van der Waals surface area contributed by atoms with Crippen molar-refractivity contribution in [1.29, 1.82) is 0 Å². The Balaban J connectivity index is 2.56. The number of aliphatic hydroxyl groups is 1. The van der Waals surface area contributed by atoms with Gasteiger partial charge >= 0.3 is 0 Å². The molecule has 3 nitrogen and oxygen atoms in total. The van der Waals surface area contributed by atoms with Crippen molar-refractivity contribution >= 4 is 0 Å². The smallest absolute Gasteiger partial charge is 0.0982 e. The molecular formula is C8H17NO2. The third kappa shape index (κ3) is 1.92. The molecule has 1 rings (SSSR count). The fraction of sp³-hybridized carbons (Fsp3) is 1.00. The molecule has 1 aliphatic rings. The van der Waals surface area contributed by atoms with Crippen molar-refractivity contribution in [2.45, 2.75) is 38.5 Å². The van der Waals surface area contributed by atoms with Gasteiger partial charge in [0, 0.05) is 11.6 Å². The molecule has 0 amide bonds. The van der Waals surface area contributed by atoms with E-state index in [9.17, 15) is 0 Å². The number of hydrogen-bond acceptors (Lipinski definition) is 3. The van der Waals surface area contributed by atoms with Crippen molar-refractivity contribution in [3.8, 4) is 0 Å². The minimum Gasteiger partial charge on any atom is -0.394 e. The second kappa shape index (κ2) is 3.09. The highest BCUT2D eigenvalue weighted by Gasteiger charge is 2.34. The van der Waals surface area contributed by atoms with Gasteiger partial charge in [-0.3, -0.25) is 0 Å². The summed E-state index contributed by atoms with van der Waals surface area (Å²) in [5.41, 5.74) is -0.105. The van der Waals surface area contributed by atoms with E-state index in [1.165, 1.54) is 0 Å². The van der Waals surface area contributed by atoms with E-state index >= 15 is 0 Å². The molecule has 11 heavy (non-hydrogen) atoms. The van der Waals surface area contributed by atoms with Crippen LogP contribution >= 0.6 is 0 Å². The maximum absolute atomic E-state index is 8.95. The molecule has 1 saturated heterocycles. The summed E-state index contributed by atoms with van der Waals surface area (Å²) in [7, 11) is 0. The lowest BCUT2D eigenvalue weighted by molar-refractivity contribution is -0.0797. The van der Waals surface area contributed by atoms with Crippen LogP contribution in [0.2, 0.25) is 0 Å². The van der Waals surface area contributed by atoms with Crippen LogP contribution in [0.25, 0.3) is 0 Å². The zero-order chi connectivity index (χ0) is 8.48. The van der Waals surface area contributed by atoms with Crippen LogP contribution in [0.4, 0.5) is 0 Å². The van der Waals surface area contributed by atoms with Crippen molar-refractivity contribution < 1.29 is 9.84 Å². The van der Waals surface area contributed by atoms with Crippen molar-refractivity contribution in [2.75, 3.05) is 13.2 Å². The van der Waals surface area contributed by atoms with Gasteiger partial charge in [0.25, 0.3) is 0 Å². The predicted molar refractivity (Wildman–Crippen MR) is 43.5 cm³/mol. The van der Waals surface area contributed by atoms with Gasteiger partial charge in [-0.2, -0.15) is 0 Å². The lowest BCUT2D eigenvalue weighted by Gasteiger charge is -2.41. The van der Waals surface area contributed by atoms with Gasteiger partial charge in [-0.1, -0.05) is 0 Å². The van der Waals surface area contributed by atoms with Gasteiger partial charge in [-0.15, -0.1) is 0 Å². The van der Waals surface area contributed by atoms with Crippen molar-refractivity contribution in [3.05, 3.63) is 0 Å². The van der Waals surface area contributed by atoms with Crippen molar-refractivity contribution in [1.82, 2.24) is 5.32 Å². The Morgan fingerprint density at radius 1 is 1.64 bits per heavy atom. The molecule has 2 N–H and O–H groups in total. The Morgan fingerprint density at radius 2 is 2.27 bits per heavy atom. The summed E-state index contributed by atoms with van der Waals surface area (Å²) in [5, 5.41) is 12.3. The van der Waals surface area contributed by atoms with Gasteiger partial charge < -0.3 is 15.2 Å². The fourth-order valence-electron chi connectivity index (χ4n) is 1.52. The molecule has 2 atom stereocenters. The molecule has 1 fully saturated rings. The third-order valence-corrected chi connectivity index (χ3v) is 2.14. The second-order valence-corrected chi connectivity index (χ2v) is 3.77. The molecule has 1 aliphatic heterocycles. The Kier molecular flexibility index (Phi) is 2.52.